The normalized spacial score (nSPS) is 15.8. The number of aliphatic hydroxyl groups is 1. The van der Waals surface area contributed by atoms with Gasteiger partial charge in [-0.2, -0.15) is 0 Å². The molecule has 100 valence electrons. The van der Waals surface area contributed by atoms with Gasteiger partial charge in [0, 0.05) is 0 Å². The largest absolute Gasteiger partial charge is 0.469 e. The first-order chi connectivity index (χ1) is 8.56. The molecule has 1 aromatic rings. The molecular weight excluding hydrogens is 232 g/mol. The fourth-order valence-corrected chi connectivity index (χ4v) is 1.63. The number of ether oxygens (including phenoxy) is 2. The molecule has 0 bridgehead atoms. The van der Waals surface area contributed by atoms with Crippen LogP contribution in [-0.2, 0) is 20.9 Å². The van der Waals surface area contributed by atoms with Crippen molar-refractivity contribution in [1.29, 1.82) is 0 Å². The lowest BCUT2D eigenvalue weighted by Gasteiger charge is -2.23. The van der Waals surface area contributed by atoms with E-state index in [0.717, 1.165) is 5.56 Å². The molecule has 0 unspecified atom stereocenters. The van der Waals surface area contributed by atoms with Gasteiger partial charge in [0.25, 0.3) is 0 Å². The minimum atomic E-state index is -0.874. The van der Waals surface area contributed by atoms with Crippen LogP contribution in [0.2, 0.25) is 0 Å². The second-order valence-electron chi connectivity index (χ2n) is 4.30. The van der Waals surface area contributed by atoms with Crippen LogP contribution in [0.1, 0.15) is 19.4 Å². The Kier molecular flexibility index (Phi) is 5.82. The van der Waals surface area contributed by atoms with E-state index in [1.54, 1.807) is 13.8 Å². The van der Waals surface area contributed by atoms with Gasteiger partial charge in [0.1, 0.15) is 0 Å². The van der Waals surface area contributed by atoms with E-state index in [9.17, 15) is 9.90 Å². The zero-order chi connectivity index (χ0) is 13.5. The fraction of sp³-hybridized carbons (Fsp3) is 0.500. The Morgan fingerprint density at radius 1 is 1.28 bits per heavy atom. The Morgan fingerprint density at radius 3 is 2.44 bits per heavy atom. The van der Waals surface area contributed by atoms with Crippen molar-refractivity contribution in [2.45, 2.75) is 32.7 Å². The number of hydrogen-bond donors (Lipinski definition) is 1. The van der Waals surface area contributed by atoms with Crippen LogP contribution >= 0.6 is 0 Å². The van der Waals surface area contributed by atoms with Gasteiger partial charge in [-0.25, -0.2) is 0 Å². The summed E-state index contributed by atoms with van der Waals surface area (Å²) in [6.45, 7) is 3.78. The highest BCUT2D eigenvalue weighted by molar-refractivity contribution is 5.72. The molecule has 1 aromatic carbocycles. The third kappa shape index (κ3) is 4.13. The second-order valence-corrected chi connectivity index (χ2v) is 4.30. The summed E-state index contributed by atoms with van der Waals surface area (Å²) in [7, 11) is 1.31. The number of rotatable bonds is 6. The molecule has 0 saturated heterocycles. The zero-order valence-corrected chi connectivity index (χ0v) is 11.0. The number of carbonyl (C=O) groups excluding carboxylic acids is 1. The predicted molar refractivity (Wildman–Crippen MR) is 67.9 cm³/mol. The lowest BCUT2D eigenvalue weighted by Crippen LogP contribution is -2.36. The standard InChI is InChI=1S/C14H20O4/c1-10(14(16)17-3)13(15)11(2)18-9-12-7-5-4-6-8-12/h4-8,10-11,13,15H,9H2,1-3H3/t10-,11-,13-/m0/s1. The van der Waals surface area contributed by atoms with Crippen molar-refractivity contribution in [2.75, 3.05) is 7.11 Å². The van der Waals surface area contributed by atoms with Crippen LogP contribution in [0, 0.1) is 5.92 Å². The number of methoxy groups -OCH3 is 1. The molecule has 0 saturated carbocycles. The highest BCUT2D eigenvalue weighted by Gasteiger charge is 2.28. The van der Waals surface area contributed by atoms with E-state index in [2.05, 4.69) is 4.74 Å². The van der Waals surface area contributed by atoms with Crippen molar-refractivity contribution in [3.05, 3.63) is 35.9 Å². The van der Waals surface area contributed by atoms with Crippen molar-refractivity contribution in [1.82, 2.24) is 0 Å². The van der Waals surface area contributed by atoms with Crippen LogP contribution in [-0.4, -0.2) is 30.4 Å². The minimum absolute atomic E-state index is 0.410. The summed E-state index contributed by atoms with van der Waals surface area (Å²) < 4.78 is 10.1. The van der Waals surface area contributed by atoms with Gasteiger partial charge in [-0.15, -0.1) is 0 Å². The van der Waals surface area contributed by atoms with E-state index in [1.165, 1.54) is 7.11 Å². The van der Waals surface area contributed by atoms with Gasteiger partial charge in [0.05, 0.1) is 31.8 Å². The first-order valence-electron chi connectivity index (χ1n) is 5.97. The Labute approximate surface area is 108 Å². The van der Waals surface area contributed by atoms with Crippen LogP contribution in [0.4, 0.5) is 0 Å². The van der Waals surface area contributed by atoms with Crippen molar-refractivity contribution < 1.29 is 19.4 Å². The van der Waals surface area contributed by atoms with Crippen molar-refractivity contribution in [2.24, 2.45) is 5.92 Å². The first-order valence-corrected chi connectivity index (χ1v) is 5.97. The SMILES string of the molecule is COC(=O)[C@@H](C)[C@H](O)[C@H](C)OCc1ccccc1. The van der Waals surface area contributed by atoms with Crippen molar-refractivity contribution in [3.8, 4) is 0 Å². The summed E-state index contributed by atoms with van der Waals surface area (Å²) in [6.07, 6.45) is -1.31. The monoisotopic (exact) mass is 252 g/mol. The summed E-state index contributed by atoms with van der Waals surface area (Å²) in [6, 6.07) is 9.68. The lowest BCUT2D eigenvalue weighted by molar-refractivity contribution is -0.153. The van der Waals surface area contributed by atoms with Crippen LogP contribution < -0.4 is 0 Å². The second kappa shape index (κ2) is 7.13. The third-order valence-corrected chi connectivity index (χ3v) is 2.92. The van der Waals surface area contributed by atoms with Gasteiger partial charge in [0.2, 0.25) is 0 Å². The van der Waals surface area contributed by atoms with Gasteiger partial charge in [-0.05, 0) is 19.4 Å². The molecular formula is C14H20O4. The van der Waals surface area contributed by atoms with Gasteiger partial charge in [-0.1, -0.05) is 30.3 Å². The van der Waals surface area contributed by atoms with E-state index in [-0.39, 0.29) is 0 Å². The summed E-state index contributed by atoms with van der Waals surface area (Å²) in [5.41, 5.74) is 1.03. The molecule has 3 atom stereocenters. The molecule has 0 amide bonds. The lowest BCUT2D eigenvalue weighted by atomic mass is 10.0. The number of aliphatic hydroxyl groups excluding tert-OH is 1. The smallest absolute Gasteiger partial charge is 0.311 e. The Morgan fingerprint density at radius 2 is 1.89 bits per heavy atom. The van der Waals surface area contributed by atoms with E-state index in [1.807, 2.05) is 30.3 Å². The number of carbonyl (C=O) groups is 1. The molecule has 1 N–H and O–H groups in total. The molecule has 18 heavy (non-hydrogen) atoms. The molecule has 0 radical (unpaired) electrons. The molecule has 1 rings (SSSR count). The maximum atomic E-state index is 11.3. The van der Waals surface area contributed by atoms with Crippen molar-refractivity contribution >= 4 is 5.97 Å². The van der Waals surface area contributed by atoms with E-state index in [4.69, 9.17) is 4.74 Å². The molecule has 0 heterocycles. The molecule has 0 aromatic heterocycles. The molecule has 0 aliphatic heterocycles. The molecule has 0 spiro atoms. The van der Waals surface area contributed by atoms with Crippen LogP contribution in [0.3, 0.4) is 0 Å². The van der Waals surface area contributed by atoms with Gasteiger partial charge in [-0.3, -0.25) is 4.79 Å². The Hall–Kier alpha value is -1.39. The van der Waals surface area contributed by atoms with E-state index < -0.39 is 24.1 Å². The fourth-order valence-electron chi connectivity index (χ4n) is 1.63. The first kappa shape index (κ1) is 14.7. The Bertz CT molecular complexity index is 363. The molecule has 4 heteroatoms. The Balaban J connectivity index is 2.45. The molecule has 0 aliphatic rings. The van der Waals surface area contributed by atoms with Gasteiger partial charge in [0.15, 0.2) is 0 Å². The number of hydrogen-bond acceptors (Lipinski definition) is 4. The highest BCUT2D eigenvalue weighted by Crippen LogP contribution is 2.13. The van der Waals surface area contributed by atoms with Gasteiger partial charge < -0.3 is 14.6 Å². The van der Waals surface area contributed by atoms with Crippen molar-refractivity contribution in [3.63, 3.8) is 0 Å². The van der Waals surface area contributed by atoms with Gasteiger partial charge >= 0.3 is 5.97 Å². The predicted octanol–water partition coefficient (Wildman–Crippen LogP) is 1.76. The summed E-state index contributed by atoms with van der Waals surface area (Å²) in [5, 5.41) is 9.94. The zero-order valence-electron chi connectivity index (χ0n) is 11.0. The number of benzene rings is 1. The van der Waals surface area contributed by atoms with Crippen LogP contribution in [0.25, 0.3) is 0 Å². The maximum absolute atomic E-state index is 11.3. The topological polar surface area (TPSA) is 55.8 Å². The molecule has 0 fully saturated rings. The summed E-state index contributed by atoms with van der Waals surface area (Å²) in [4.78, 5) is 11.3. The minimum Gasteiger partial charge on any atom is -0.469 e. The van der Waals surface area contributed by atoms with E-state index in [0.29, 0.717) is 6.61 Å². The number of esters is 1. The average molecular weight is 252 g/mol. The van der Waals surface area contributed by atoms with Crippen LogP contribution in [0.15, 0.2) is 30.3 Å². The molecule has 0 aliphatic carbocycles. The third-order valence-electron chi connectivity index (χ3n) is 2.92. The molecule has 4 nitrogen and oxygen atoms in total. The van der Waals surface area contributed by atoms with E-state index >= 15 is 0 Å². The highest BCUT2D eigenvalue weighted by atomic mass is 16.5. The van der Waals surface area contributed by atoms with Crippen LogP contribution in [0.5, 0.6) is 0 Å². The maximum Gasteiger partial charge on any atom is 0.311 e. The quantitative estimate of drug-likeness (QED) is 0.784. The summed E-state index contributed by atoms with van der Waals surface area (Å²) in [5.74, 6) is -1.03. The summed E-state index contributed by atoms with van der Waals surface area (Å²) >= 11 is 0. The average Bonchev–Trinajstić information content (AvgIpc) is 2.43.